The molecule has 0 fully saturated rings. The zero-order valence-electron chi connectivity index (χ0n) is 9.14. The molecule has 0 aliphatic rings. The third-order valence-electron chi connectivity index (χ3n) is 2.03. The Hall–Kier alpha value is -1.62. The Balaban J connectivity index is 1.73. The van der Waals surface area contributed by atoms with Gasteiger partial charge in [0.25, 0.3) is 0 Å². The van der Waals surface area contributed by atoms with Crippen molar-refractivity contribution in [3.63, 3.8) is 0 Å². The summed E-state index contributed by atoms with van der Waals surface area (Å²) in [5.41, 5.74) is 0.791. The first-order valence-electron chi connectivity index (χ1n) is 5.24. The minimum Gasteiger partial charge on any atom is -0.384 e. The third kappa shape index (κ3) is 4.03. The van der Waals surface area contributed by atoms with Gasteiger partial charge in [-0.25, -0.2) is 14.4 Å². The van der Waals surface area contributed by atoms with Crippen LogP contribution < -0.4 is 5.32 Å². The SMILES string of the molecule is Fc1cccc(NCCSc2ncccn2)c1. The molecule has 0 amide bonds. The molecule has 0 aliphatic heterocycles. The zero-order chi connectivity index (χ0) is 11.9. The molecule has 88 valence electrons. The lowest BCUT2D eigenvalue weighted by atomic mass is 10.3. The number of thioether (sulfide) groups is 1. The van der Waals surface area contributed by atoms with E-state index in [0.717, 1.165) is 23.1 Å². The number of nitrogens with one attached hydrogen (secondary N) is 1. The van der Waals surface area contributed by atoms with E-state index in [-0.39, 0.29) is 5.82 Å². The topological polar surface area (TPSA) is 37.8 Å². The molecular formula is C12H12FN3S. The van der Waals surface area contributed by atoms with Crippen molar-refractivity contribution in [1.82, 2.24) is 9.97 Å². The molecule has 0 unspecified atom stereocenters. The van der Waals surface area contributed by atoms with Crippen LogP contribution in [0.25, 0.3) is 0 Å². The molecular weight excluding hydrogens is 237 g/mol. The van der Waals surface area contributed by atoms with Crippen molar-refractivity contribution in [2.75, 3.05) is 17.6 Å². The number of anilines is 1. The Labute approximate surface area is 103 Å². The highest BCUT2D eigenvalue weighted by Gasteiger charge is 1.96. The van der Waals surface area contributed by atoms with Gasteiger partial charge in [0.2, 0.25) is 0 Å². The molecule has 0 aliphatic carbocycles. The average Bonchev–Trinajstić information content (AvgIpc) is 2.36. The van der Waals surface area contributed by atoms with Gasteiger partial charge in [-0.1, -0.05) is 17.8 Å². The Kier molecular flexibility index (Phi) is 4.32. The van der Waals surface area contributed by atoms with Gasteiger partial charge in [-0.3, -0.25) is 0 Å². The Bertz CT molecular complexity index is 464. The standard InChI is InChI=1S/C12H12FN3S/c13-10-3-1-4-11(9-10)14-7-8-17-12-15-5-2-6-16-12/h1-6,9,14H,7-8H2. The maximum Gasteiger partial charge on any atom is 0.187 e. The number of hydrogen-bond acceptors (Lipinski definition) is 4. The first-order valence-corrected chi connectivity index (χ1v) is 6.22. The van der Waals surface area contributed by atoms with E-state index in [1.165, 1.54) is 12.1 Å². The van der Waals surface area contributed by atoms with Crippen LogP contribution in [0.4, 0.5) is 10.1 Å². The molecule has 17 heavy (non-hydrogen) atoms. The van der Waals surface area contributed by atoms with Crippen molar-refractivity contribution in [3.8, 4) is 0 Å². The van der Waals surface area contributed by atoms with E-state index in [1.807, 2.05) is 6.07 Å². The van der Waals surface area contributed by atoms with Gasteiger partial charge in [-0.15, -0.1) is 0 Å². The second kappa shape index (κ2) is 6.20. The molecule has 0 atom stereocenters. The molecule has 1 aromatic carbocycles. The van der Waals surface area contributed by atoms with Gasteiger partial charge in [-0.05, 0) is 24.3 Å². The van der Waals surface area contributed by atoms with E-state index in [9.17, 15) is 4.39 Å². The zero-order valence-corrected chi connectivity index (χ0v) is 9.95. The molecule has 1 aromatic heterocycles. The van der Waals surface area contributed by atoms with Gasteiger partial charge in [0.05, 0.1) is 0 Å². The number of halogens is 1. The fraction of sp³-hybridized carbons (Fsp3) is 0.167. The fourth-order valence-electron chi connectivity index (χ4n) is 1.30. The number of nitrogens with zero attached hydrogens (tertiary/aromatic N) is 2. The monoisotopic (exact) mass is 249 g/mol. The molecule has 1 heterocycles. The largest absolute Gasteiger partial charge is 0.384 e. The summed E-state index contributed by atoms with van der Waals surface area (Å²) in [4.78, 5) is 8.20. The van der Waals surface area contributed by atoms with E-state index in [0.29, 0.717) is 0 Å². The Morgan fingerprint density at radius 2 is 2.00 bits per heavy atom. The summed E-state index contributed by atoms with van der Waals surface area (Å²) in [5.74, 6) is 0.606. The maximum atomic E-state index is 12.9. The lowest BCUT2D eigenvalue weighted by Crippen LogP contribution is -2.04. The summed E-state index contributed by atoms with van der Waals surface area (Å²) in [6.07, 6.45) is 3.44. The fourth-order valence-corrected chi connectivity index (χ4v) is 1.95. The molecule has 2 rings (SSSR count). The molecule has 0 bridgehead atoms. The van der Waals surface area contributed by atoms with Gasteiger partial charge in [0, 0.05) is 30.4 Å². The summed E-state index contributed by atoms with van der Waals surface area (Å²) < 4.78 is 12.9. The third-order valence-corrected chi connectivity index (χ3v) is 2.91. The Morgan fingerprint density at radius 1 is 1.18 bits per heavy atom. The average molecular weight is 249 g/mol. The minimum absolute atomic E-state index is 0.228. The molecule has 0 radical (unpaired) electrons. The summed E-state index contributed by atoms with van der Waals surface area (Å²) in [6, 6.07) is 8.22. The summed E-state index contributed by atoms with van der Waals surface area (Å²) in [7, 11) is 0. The first-order chi connectivity index (χ1) is 8.34. The van der Waals surface area contributed by atoms with Crippen molar-refractivity contribution in [1.29, 1.82) is 0 Å². The van der Waals surface area contributed by atoms with Crippen molar-refractivity contribution >= 4 is 17.4 Å². The van der Waals surface area contributed by atoms with Crippen LogP contribution in [-0.4, -0.2) is 22.3 Å². The second-order valence-corrected chi connectivity index (χ2v) is 4.38. The highest BCUT2D eigenvalue weighted by atomic mass is 32.2. The first kappa shape index (κ1) is 11.9. The van der Waals surface area contributed by atoms with Crippen LogP contribution >= 0.6 is 11.8 Å². The number of aromatic nitrogens is 2. The Morgan fingerprint density at radius 3 is 2.76 bits per heavy atom. The minimum atomic E-state index is -0.228. The highest BCUT2D eigenvalue weighted by molar-refractivity contribution is 7.99. The number of benzene rings is 1. The van der Waals surface area contributed by atoms with Gasteiger partial charge < -0.3 is 5.32 Å². The van der Waals surface area contributed by atoms with E-state index in [1.54, 1.807) is 36.3 Å². The van der Waals surface area contributed by atoms with Gasteiger partial charge in [0.15, 0.2) is 5.16 Å². The maximum absolute atomic E-state index is 12.9. The summed E-state index contributed by atoms with van der Waals surface area (Å²) in [6.45, 7) is 0.742. The van der Waals surface area contributed by atoms with Gasteiger partial charge >= 0.3 is 0 Å². The summed E-state index contributed by atoms with van der Waals surface area (Å²) >= 11 is 1.57. The molecule has 5 heteroatoms. The van der Waals surface area contributed by atoms with Crippen molar-refractivity contribution < 1.29 is 4.39 Å². The van der Waals surface area contributed by atoms with E-state index >= 15 is 0 Å². The second-order valence-electron chi connectivity index (χ2n) is 3.32. The number of rotatable bonds is 5. The van der Waals surface area contributed by atoms with E-state index < -0.39 is 0 Å². The molecule has 3 nitrogen and oxygen atoms in total. The number of hydrogen-bond donors (Lipinski definition) is 1. The molecule has 2 aromatic rings. The molecule has 0 spiro atoms. The van der Waals surface area contributed by atoms with Crippen LogP contribution in [0, 0.1) is 5.82 Å². The van der Waals surface area contributed by atoms with Crippen molar-refractivity contribution in [2.24, 2.45) is 0 Å². The molecule has 0 saturated carbocycles. The lowest BCUT2D eigenvalue weighted by Gasteiger charge is -2.05. The van der Waals surface area contributed by atoms with Gasteiger partial charge in [-0.2, -0.15) is 0 Å². The van der Waals surface area contributed by atoms with Crippen LogP contribution in [0.15, 0.2) is 47.9 Å². The molecule has 1 N–H and O–H groups in total. The van der Waals surface area contributed by atoms with Crippen LogP contribution in [-0.2, 0) is 0 Å². The normalized spacial score (nSPS) is 10.2. The van der Waals surface area contributed by atoms with Crippen molar-refractivity contribution in [2.45, 2.75) is 5.16 Å². The van der Waals surface area contributed by atoms with Crippen LogP contribution in [0.5, 0.6) is 0 Å². The lowest BCUT2D eigenvalue weighted by molar-refractivity contribution is 0.628. The van der Waals surface area contributed by atoms with E-state index in [4.69, 9.17) is 0 Å². The van der Waals surface area contributed by atoms with Crippen LogP contribution in [0.1, 0.15) is 0 Å². The van der Waals surface area contributed by atoms with Crippen molar-refractivity contribution in [3.05, 3.63) is 48.5 Å². The smallest absolute Gasteiger partial charge is 0.187 e. The van der Waals surface area contributed by atoms with Crippen LogP contribution in [0.3, 0.4) is 0 Å². The summed E-state index contributed by atoms with van der Waals surface area (Å²) in [5, 5.41) is 3.90. The molecule has 0 saturated heterocycles. The predicted octanol–water partition coefficient (Wildman–Crippen LogP) is 2.82. The predicted molar refractivity (Wildman–Crippen MR) is 67.6 cm³/mol. The van der Waals surface area contributed by atoms with Crippen LogP contribution in [0.2, 0.25) is 0 Å². The van der Waals surface area contributed by atoms with E-state index in [2.05, 4.69) is 15.3 Å². The highest BCUT2D eigenvalue weighted by Crippen LogP contribution is 2.12. The quantitative estimate of drug-likeness (QED) is 0.502. The van der Waals surface area contributed by atoms with Gasteiger partial charge in [0.1, 0.15) is 5.82 Å².